The van der Waals surface area contributed by atoms with Crippen LogP contribution >= 0.6 is 15.9 Å². The highest BCUT2D eigenvalue weighted by Gasteiger charge is 2.24. The van der Waals surface area contributed by atoms with Crippen LogP contribution in [0.2, 0.25) is 0 Å². The highest BCUT2D eigenvalue weighted by atomic mass is 79.9. The molecule has 1 N–H and O–H groups in total. The van der Waals surface area contributed by atoms with Crippen molar-refractivity contribution in [2.45, 2.75) is 26.7 Å². The molecule has 2 rings (SSSR count). The number of rotatable bonds is 4. The number of carbonyl (C=O) groups excluding carboxylic acids is 1. The normalized spacial score (nSPS) is 16.4. The van der Waals surface area contributed by atoms with Gasteiger partial charge in [-0.05, 0) is 62.5 Å². The summed E-state index contributed by atoms with van der Waals surface area (Å²) >= 11 is 3.44. The summed E-state index contributed by atoms with van der Waals surface area (Å²) in [5.74, 6) is 0.891. The molecule has 1 saturated heterocycles. The van der Waals surface area contributed by atoms with Crippen LogP contribution in [0.15, 0.2) is 22.7 Å². The van der Waals surface area contributed by atoms with Crippen molar-refractivity contribution >= 4 is 21.8 Å². The number of nitrogens with one attached hydrogen (secondary N) is 1. The Morgan fingerprint density at radius 3 is 2.70 bits per heavy atom. The molecule has 110 valence electrons. The minimum absolute atomic E-state index is 0.178. The molecule has 0 spiro atoms. The zero-order chi connectivity index (χ0) is 14.5. The first-order chi connectivity index (χ1) is 9.61. The van der Waals surface area contributed by atoms with Gasteiger partial charge in [0.1, 0.15) is 0 Å². The Balaban J connectivity index is 1.94. The second-order valence-electron chi connectivity index (χ2n) is 5.50. The summed E-state index contributed by atoms with van der Waals surface area (Å²) in [4.78, 5) is 14.5. The van der Waals surface area contributed by atoms with E-state index in [1.807, 2.05) is 30.0 Å². The maximum Gasteiger partial charge on any atom is 0.254 e. The van der Waals surface area contributed by atoms with Crippen molar-refractivity contribution < 1.29 is 4.79 Å². The number of piperidine rings is 1. The molecule has 1 amide bonds. The van der Waals surface area contributed by atoms with Crippen LogP contribution in [0, 0.1) is 12.8 Å². The Hall–Kier alpha value is -0.870. The standard InChI is InChI=1S/C16H23BrN2O/c1-3-18-11-13-6-8-19(9-7-13)16(20)15-5-4-14(17)10-12(15)2/h4-5,10,13,18H,3,6-9,11H2,1-2H3. The SMILES string of the molecule is CCNCC1CCN(C(=O)c2ccc(Br)cc2C)CC1. The Morgan fingerprint density at radius 2 is 2.10 bits per heavy atom. The van der Waals surface area contributed by atoms with Crippen molar-refractivity contribution in [2.24, 2.45) is 5.92 Å². The highest BCUT2D eigenvalue weighted by molar-refractivity contribution is 9.10. The van der Waals surface area contributed by atoms with Gasteiger partial charge in [-0.3, -0.25) is 4.79 Å². The van der Waals surface area contributed by atoms with E-state index >= 15 is 0 Å². The molecule has 1 aliphatic heterocycles. The highest BCUT2D eigenvalue weighted by Crippen LogP contribution is 2.21. The average Bonchev–Trinajstić information content (AvgIpc) is 2.45. The smallest absolute Gasteiger partial charge is 0.254 e. The Bertz CT molecular complexity index is 468. The average molecular weight is 339 g/mol. The van der Waals surface area contributed by atoms with E-state index in [0.717, 1.165) is 54.6 Å². The van der Waals surface area contributed by atoms with Crippen LogP contribution in [-0.2, 0) is 0 Å². The number of hydrogen-bond acceptors (Lipinski definition) is 2. The molecule has 1 heterocycles. The lowest BCUT2D eigenvalue weighted by Gasteiger charge is -2.32. The topological polar surface area (TPSA) is 32.3 Å². The molecule has 1 aliphatic rings. The summed E-state index contributed by atoms with van der Waals surface area (Å²) < 4.78 is 1.02. The number of likely N-dealkylation sites (tertiary alicyclic amines) is 1. The van der Waals surface area contributed by atoms with Crippen molar-refractivity contribution in [1.29, 1.82) is 0 Å². The molecule has 3 nitrogen and oxygen atoms in total. The number of aryl methyl sites for hydroxylation is 1. The number of hydrogen-bond donors (Lipinski definition) is 1. The molecule has 0 saturated carbocycles. The summed E-state index contributed by atoms with van der Waals surface area (Å²) in [7, 11) is 0. The van der Waals surface area contributed by atoms with Gasteiger partial charge in [0.2, 0.25) is 0 Å². The fraction of sp³-hybridized carbons (Fsp3) is 0.562. The van der Waals surface area contributed by atoms with Crippen molar-refractivity contribution in [1.82, 2.24) is 10.2 Å². The van der Waals surface area contributed by atoms with Gasteiger partial charge in [0.05, 0.1) is 0 Å². The van der Waals surface area contributed by atoms with Crippen molar-refractivity contribution in [2.75, 3.05) is 26.2 Å². The maximum absolute atomic E-state index is 12.5. The van der Waals surface area contributed by atoms with Gasteiger partial charge in [0, 0.05) is 23.1 Å². The zero-order valence-electron chi connectivity index (χ0n) is 12.3. The Labute approximate surface area is 129 Å². The lowest BCUT2D eigenvalue weighted by atomic mass is 9.96. The summed E-state index contributed by atoms with van der Waals surface area (Å²) in [6, 6.07) is 5.87. The van der Waals surface area contributed by atoms with Gasteiger partial charge < -0.3 is 10.2 Å². The van der Waals surface area contributed by atoms with E-state index in [4.69, 9.17) is 0 Å². The molecule has 0 radical (unpaired) electrons. The minimum Gasteiger partial charge on any atom is -0.339 e. The molecule has 0 aliphatic carbocycles. The van der Waals surface area contributed by atoms with Crippen molar-refractivity contribution in [3.05, 3.63) is 33.8 Å². The first kappa shape index (κ1) is 15.5. The minimum atomic E-state index is 0.178. The monoisotopic (exact) mass is 338 g/mol. The van der Waals surface area contributed by atoms with Gasteiger partial charge >= 0.3 is 0 Å². The Kier molecular flexibility index (Phi) is 5.61. The van der Waals surface area contributed by atoms with Gasteiger partial charge in [0.15, 0.2) is 0 Å². The van der Waals surface area contributed by atoms with Gasteiger partial charge in [-0.25, -0.2) is 0 Å². The van der Waals surface area contributed by atoms with E-state index in [1.54, 1.807) is 0 Å². The fourth-order valence-corrected chi connectivity index (χ4v) is 3.20. The number of carbonyl (C=O) groups is 1. The lowest BCUT2D eigenvalue weighted by molar-refractivity contribution is 0.0689. The van der Waals surface area contributed by atoms with Crippen molar-refractivity contribution in [3.8, 4) is 0 Å². The van der Waals surface area contributed by atoms with Crippen LogP contribution in [0.1, 0.15) is 35.7 Å². The van der Waals surface area contributed by atoms with Crippen LogP contribution in [0.5, 0.6) is 0 Å². The molecule has 1 aromatic rings. The largest absolute Gasteiger partial charge is 0.339 e. The van der Waals surface area contributed by atoms with Crippen LogP contribution in [0.25, 0.3) is 0 Å². The third kappa shape index (κ3) is 3.83. The zero-order valence-corrected chi connectivity index (χ0v) is 13.9. The summed E-state index contributed by atoms with van der Waals surface area (Å²) in [5.41, 5.74) is 1.87. The molecule has 0 aromatic heterocycles. The number of benzene rings is 1. The molecule has 20 heavy (non-hydrogen) atoms. The first-order valence-corrected chi connectivity index (χ1v) is 8.17. The third-order valence-electron chi connectivity index (χ3n) is 4.00. The first-order valence-electron chi connectivity index (χ1n) is 7.38. The summed E-state index contributed by atoms with van der Waals surface area (Å²) in [6.45, 7) is 7.99. The fourth-order valence-electron chi connectivity index (χ4n) is 2.73. The van der Waals surface area contributed by atoms with Gasteiger partial charge in [0.25, 0.3) is 5.91 Å². The quantitative estimate of drug-likeness (QED) is 0.914. The van der Waals surface area contributed by atoms with E-state index in [9.17, 15) is 4.79 Å². The predicted molar refractivity (Wildman–Crippen MR) is 86.1 cm³/mol. The summed E-state index contributed by atoms with van der Waals surface area (Å²) in [6.07, 6.45) is 2.21. The van der Waals surface area contributed by atoms with Crippen LogP contribution in [0.4, 0.5) is 0 Å². The van der Waals surface area contributed by atoms with E-state index < -0.39 is 0 Å². The van der Waals surface area contributed by atoms with Crippen LogP contribution in [-0.4, -0.2) is 37.0 Å². The van der Waals surface area contributed by atoms with Gasteiger partial charge in [-0.15, -0.1) is 0 Å². The predicted octanol–water partition coefficient (Wildman–Crippen LogP) is 3.22. The molecular weight excluding hydrogens is 316 g/mol. The third-order valence-corrected chi connectivity index (χ3v) is 4.50. The molecule has 0 atom stereocenters. The lowest BCUT2D eigenvalue weighted by Crippen LogP contribution is -2.41. The van der Waals surface area contributed by atoms with E-state index in [0.29, 0.717) is 5.92 Å². The molecule has 4 heteroatoms. The van der Waals surface area contributed by atoms with E-state index in [1.165, 1.54) is 0 Å². The molecular formula is C16H23BrN2O. The number of nitrogens with zero attached hydrogens (tertiary/aromatic N) is 1. The Morgan fingerprint density at radius 1 is 1.40 bits per heavy atom. The van der Waals surface area contributed by atoms with Crippen molar-refractivity contribution in [3.63, 3.8) is 0 Å². The number of halogens is 1. The van der Waals surface area contributed by atoms with E-state index in [-0.39, 0.29) is 5.91 Å². The second kappa shape index (κ2) is 7.23. The molecule has 1 fully saturated rings. The van der Waals surface area contributed by atoms with E-state index in [2.05, 4.69) is 28.2 Å². The molecule has 0 bridgehead atoms. The molecule has 0 unspecified atom stereocenters. The summed E-state index contributed by atoms with van der Waals surface area (Å²) in [5, 5.41) is 3.40. The molecule has 1 aromatic carbocycles. The van der Waals surface area contributed by atoms with Gasteiger partial charge in [-0.1, -0.05) is 22.9 Å². The van der Waals surface area contributed by atoms with Crippen LogP contribution < -0.4 is 5.32 Å². The maximum atomic E-state index is 12.5. The number of amides is 1. The second-order valence-corrected chi connectivity index (χ2v) is 6.42. The van der Waals surface area contributed by atoms with Gasteiger partial charge in [-0.2, -0.15) is 0 Å². The van der Waals surface area contributed by atoms with Crippen LogP contribution in [0.3, 0.4) is 0 Å².